The van der Waals surface area contributed by atoms with Crippen LogP contribution < -0.4 is 51.0 Å². The van der Waals surface area contributed by atoms with Gasteiger partial charge in [-0.25, -0.2) is 9.79 Å². The van der Waals surface area contributed by atoms with Crippen LogP contribution in [0.25, 0.3) is 28.6 Å². The van der Waals surface area contributed by atoms with Gasteiger partial charge in [-0.05, 0) is 48.6 Å². The number of aromatic nitrogens is 1. The molecule has 0 spiro atoms. The molecule has 4 aromatic rings. The van der Waals surface area contributed by atoms with Crippen molar-refractivity contribution in [3.8, 4) is 5.88 Å². The minimum Gasteiger partial charge on any atom is -1.00 e. The Hall–Kier alpha value is -3.72. The van der Waals surface area contributed by atoms with Crippen LogP contribution in [0.2, 0.25) is 0 Å². The molecule has 1 amide bonds. The maximum Gasteiger partial charge on any atom is 1.00 e. The zero-order chi connectivity index (χ0) is 23.3. The van der Waals surface area contributed by atoms with Crippen molar-refractivity contribution < 1.29 is 60.0 Å². The fraction of sp³-hybridized carbons (Fsp3) is 0.0400. The zero-order valence-electron chi connectivity index (χ0n) is 19.3. The summed E-state index contributed by atoms with van der Waals surface area (Å²) in [5.74, 6) is -2.11. The van der Waals surface area contributed by atoms with Crippen LogP contribution >= 0.6 is 0 Å². The molecule has 3 heterocycles. The van der Waals surface area contributed by atoms with Crippen LogP contribution in [0.4, 0.5) is 0 Å². The van der Waals surface area contributed by atoms with E-state index in [-0.39, 0.29) is 53.9 Å². The maximum atomic E-state index is 12.4. The Kier molecular flexibility index (Phi) is 6.14. The first-order valence-electron chi connectivity index (χ1n) is 9.97. The van der Waals surface area contributed by atoms with Crippen molar-refractivity contribution in [1.82, 2.24) is 4.57 Å². The first-order chi connectivity index (χ1) is 15.8. The number of para-hydroxylation sites is 1. The van der Waals surface area contributed by atoms with Gasteiger partial charge in [0, 0.05) is 23.1 Å². The normalized spacial score (nSPS) is 13.7. The van der Waals surface area contributed by atoms with E-state index < -0.39 is 11.9 Å². The molecule has 1 aliphatic rings. The van der Waals surface area contributed by atoms with Gasteiger partial charge in [-0.3, -0.25) is 14.2 Å². The van der Waals surface area contributed by atoms with Crippen molar-refractivity contribution in [3.63, 3.8) is 0 Å². The predicted molar refractivity (Wildman–Crippen MR) is 120 cm³/mol. The van der Waals surface area contributed by atoms with E-state index in [2.05, 4.69) is 4.99 Å². The largest absolute Gasteiger partial charge is 1.00 e. The number of fused-ring (bicyclic) bond motifs is 2. The second kappa shape index (κ2) is 8.90. The molecule has 0 unspecified atom stereocenters. The molecule has 5 rings (SSSR count). The fourth-order valence-corrected chi connectivity index (χ4v) is 3.93. The average Bonchev–Trinajstić information content (AvgIpc) is 3.43. The molecule has 9 heteroatoms. The molecule has 0 radical (unpaired) electrons. The predicted octanol–water partition coefficient (Wildman–Crippen LogP) is -1.97. The first-order valence-corrected chi connectivity index (χ1v) is 9.97. The standard InChI is InChI=1S/C25H16N2O6.Na.H/c1-13(28)27-22-5-3-2-4-17(22)20(24(27)30)12-16-8-7-15(33-16)11-19-18-10-14(25(31)32)6-9-21(18)26-23(19)29;;/h2-12,30H,1H3,(H,31,32);;/q;+1;-1. The number of carboxylic acid groups (broad SMARTS) is 1. The number of nitrogens with zero attached hydrogens (tertiary/aromatic N) is 2. The summed E-state index contributed by atoms with van der Waals surface area (Å²) < 4.78 is 7.04. The molecule has 34 heavy (non-hydrogen) atoms. The van der Waals surface area contributed by atoms with Gasteiger partial charge in [0.25, 0.3) is 5.91 Å². The van der Waals surface area contributed by atoms with Gasteiger partial charge < -0.3 is 16.1 Å². The van der Waals surface area contributed by atoms with E-state index in [4.69, 9.17) is 4.42 Å². The van der Waals surface area contributed by atoms with Crippen LogP contribution in [0.1, 0.15) is 29.1 Å². The summed E-state index contributed by atoms with van der Waals surface area (Å²) in [6.07, 6.45) is 3.11. The number of benzene rings is 2. The van der Waals surface area contributed by atoms with Gasteiger partial charge in [0.05, 0.1) is 22.0 Å². The van der Waals surface area contributed by atoms with Crippen LogP contribution in [0.15, 0.2) is 64.0 Å². The van der Waals surface area contributed by atoms with Gasteiger partial charge >= 0.3 is 35.5 Å². The Morgan fingerprint density at radius 3 is 2.47 bits per heavy atom. The topological polar surface area (TPSA) is 122 Å². The van der Waals surface area contributed by atoms with E-state index in [0.717, 1.165) is 0 Å². The van der Waals surface area contributed by atoms with Crippen molar-refractivity contribution in [1.29, 1.82) is 0 Å². The third-order valence-corrected chi connectivity index (χ3v) is 5.41. The monoisotopic (exact) mass is 464 g/mol. The number of amides is 1. The molecule has 0 saturated heterocycles. The van der Waals surface area contributed by atoms with Gasteiger partial charge in [-0.2, -0.15) is 0 Å². The number of furan rings is 1. The van der Waals surface area contributed by atoms with Crippen LogP contribution in [0, 0.1) is 0 Å². The first kappa shape index (κ1) is 23.4. The molecule has 0 saturated carbocycles. The second-order valence-electron chi connectivity index (χ2n) is 7.51. The van der Waals surface area contributed by atoms with Gasteiger partial charge in [0.15, 0.2) is 0 Å². The third-order valence-electron chi connectivity index (χ3n) is 5.41. The Morgan fingerprint density at radius 2 is 1.76 bits per heavy atom. The molecule has 8 nitrogen and oxygen atoms in total. The Morgan fingerprint density at radius 1 is 1.06 bits per heavy atom. The Labute approximate surface area is 215 Å². The molecule has 2 aromatic heterocycles. The number of carbonyl (C=O) groups excluding carboxylic acids is 2. The number of carbonyl (C=O) groups is 3. The van der Waals surface area contributed by atoms with Crippen molar-refractivity contribution in [2.75, 3.05) is 0 Å². The van der Waals surface area contributed by atoms with Gasteiger partial charge in [0.2, 0.25) is 11.8 Å². The molecular weight excluding hydrogens is 447 g/mol. The average molecular weight is 464 g/mol. The number of rotatable bonds is 3. The van der Waals surface area contributed by atoms with E-state index in [1.54, 1.807) is 42.5 Å². The van der Waals surface area contributed by atoms with Crippen LogP contribution in [0.5, 0.6) is 5.88 Å². The molecule has 0 aliphatic carbocycles. The minimum absolute atomic E-state index is 0. The Bertz CT molecular complexity index is 1770. The number of aromatic carboxylic acids is 1. The molecule has 0 fully saturated rings. The van der Waals surface area contributed by atoms with E-state index in [0.29, 0.717) is 37.9 Å². The summed E-state index contributed by atoms with van der Waals surface area (Å²) in [6.45, 7) is 1.37. The van der Waals surface area contributed by atoms with E-state index in [1.807, 2.05) is 0 Å². The molecule has 0 atom stereocenters. The molecule has 2 N–H and O–H groups in total. The molecule has 2 aromatic carbocycles. The number of aromatic hydroxyl groups is 1. The smallest absolute Gasteiger partial charge is 1.00 e. The zero-order valence-corrected chi connectivity index (χ0v) is 20.3. The van der Waals surface area contributed by atoms with Crippen molar-refractivity contribution >= 4 is 46.4 Å². The third kappa shape index (κ3) is 3.92. The number of hydrogen-bond acceptors (Lipinski definition) is 5. The summed E-state index contributed by atoms with van der Waals surface area (Å²) in [4.78, 5) is 39.6. The van der Waals surface area contributed by atoms with Gasteiger partial charge in [0.1, 0.15) is 10.8 Å². The van der Waals surface area contributed by atoms with Crippen molar-refractivity contribution in [2.45, 2.75) is 6.92 Å². The molecular formula is C25H17N2NaO6. The SMILES string of the molecule is CC(=O)n1c(O)c(C=c2ccc(=CC3=c4cc(C(=O)O)ccc4=NC3=O)o2)c2ccccc21.[H-].[Na+]. The van der Waals surface area contributed by atoms with Crippen molar-refractivity contribution in [2.24, 2.45) is 4.99 Å². The molecule has 164 valence electrons. The van der Waals surface area contributed by atoms with Gasteiger partial charge in [-0.1, -0.05) is 18.2 Å². The van der Waals surface area contributed by atoms with E-state index in [9.17, 15) is 24.6 Å². The summed E-state index contributed by atoms with van der Waals surface area (Å²) in [5.41, 5.74) is 2.03. The van der Waals surface area contributed by atoms with Crippen LogP contribution in [-0.4, -0.2) is 32.6 Å². The summed E-state index contributed by atoms with van der Waals surface area (Å²) in [6, 6.07) is 14.7. The van der Waals surface area contributed by atoms with Crippen LogP contribution in [-0.2, 0) is 4.79 Å². The molecule has 0 bridgehead atoms. The number of carboxylic acids is 1. The van der Waals surface area contributed by atoms with E-state index in [1.165, 1.54) is 35.8 Å². The van der Waals surface area contributed by atoms with Gasteiger partial charge in [-0.15, -0.1) is 0 Å². The van der Waals surface area contributed by atoms with E-state index >= 15 is 0 Å². The maximum absolute atomic E-state index is 12.4. The van der Waals surface area contributed by atoms with Crippen LogP contribution in [0.3, 0.4) is 0 Å². The number of hydrogen-bond donors (Lipinski definition) is 2. The quantitative estimate of drug-likeness (QED) is 0.340. The van der Waals surface area contributed by atoms with Crippen molar-refractivity contribution in [3.05, 3.63) is 87.1 Å². The summed E-state index contributed by atoms with van der Waals surface area (Å²) >= 11 is 0. The second-order valence-corrected chi connectivity index (χ2v) is 7.51. The fourth-order valence-electron chi connectivity index (χ4n) is 3.93. The molecule has 1 aliphatic heterocycles. The minimum atomic E-state index is -1.10. The summed E-state index contributed by atoms with van der Waals surface area (Å²) in [5, 5.41) is 21.4. The Balaban J connectivity index is 0.00000171. The summed E-state index contributed by atoms with van der Waals surface area (Å²) in [7, 11) is 0.